The molecule has 0 aliphatic rings. The number of benzene rings is 3. The van der Waals surface area contributed by atoms with E-state index in [1.165, 1.54) is 6.20 Å². The number of fused-ring (bicyclic) bond motifs is 1. The molecule has 3 aromatic carbocycles. The van der Waals surface area contributed by atoms with Gasteiger partial charge < -0.3 is 25.8 Å². The molecule has 4 N–H and O–H groups in total. The van der Waals surface area contributed by atoms with Crippen molar-refractivity contribution in [3.8, 4) is 11.3 Å². The highest BCUT2D eigenvalue weighted by Gasteiger charge is 2.15. The summed E-state index contributed by atoms with van der Waals surface area (Å²) < 4.78 is 0. The summed E-state index contributed by atoms with van der Waals surface area (Å²) in [5.74, 6) is -0.0746. The van der Waals surface area contributed by atoms with Crippen molar-refractivity contribution in [1.82, 2.24) is 19.9 Å². The van der Waals surface area contributed by atoms with E-state index in [2.05, 4.69) is 30.9 Å². The number of aromatic nitrogens is 3. The van der Waals surface area contributed by atoms with Crippen molar-refractivity contribution in [3.63, 3.8) is 0 Å². The summed E-state index contributed by atoms with van der Waals surface area (Å²) in [4.78, 5) is 39.3. The van der Waals surface area contributed by atoms with Crippen molar-refractivity contribution in [2.24, 2.45) is 0 Å². The molecule has 0 bridgehead atoms. The molecule has 0 aliphatic heterocycles. The Morgan fingerprint density at radius 1 is 0.929 bits per heavy atom. The quantitative estimate of drug-likeness (QED) is 0.134. The largest absolute Gasteiger partial charge is 0.360 e. The zero-order chi connectivity index (χ0) is 29.6. The van der Waals surface area contributed by atoms with Gasteiger partial charge in [0.2, 0.25) is 11.9 Å². The van der Waals surface area contributed by atoms with Crippen LogP contribution in [-0.4, -0.2) is 52.3 Å². The Kier molecular flexibility index (Phi) is 9.02. The van der Waals surface area contributed by atoms with Crippen LogP contribution in [0.3, 0.4) is 0 Å². The SMILES string of the molecule is CN(C)CCCC(=O)Nc1ccc(C(=O)Nc2ccc(Cl)c(Nc3ncc(Cl)c(-c4c[nH]c5ccccc45)n3)c2)cc1. The number of H-pyrrole nitrogens is 1. The van der Waals surface area contributed by atoms with Gasteiger partial charge in [0.05, 0.1) is 27.6 Å². The van der Waals surface area contributed by atoms with Crippen molar-refractivity contribution in [2.45, 2.75) is 12.8 Å². The van der Waals surface area contributed by atoms with Gasteiger partial charge in [0.15, 0.2) is 0 Å². The molecule has 5 aromatic rings. The molecule has 9 nitrogen and oxygen atoms in total. The van der Waals surface area contributed by atoms with Gasteiger partial charge in [-0.15, -0.1) is 0 Å². The van der Waals surface area contributed by atoms with Crippen LogP contribution in [0.5, 0.6) is 0 Å². The topological polar surface area (TPSA) is 115 Å². The van der Waals surface area contributed by atoms with Gasteiger partial charge in [-0.2, -0.15) is 0 Å². The molecule has 11 heteroatoms. The number of carbonyl (C=O) groups is 2. The first-order chi connectivity index (χ1) is 20.3. The highest BCUT2D eigenvalue weighted by molar-refractivity contribution is 6.34. The predicted octanol–water partition coefficient (Wildman–Crippen LogP) is 7.21. The number of halogens is 2. The van der Waals surface area contributed by atoms with Crippen molar-refractivity contribution in [2.75, 3.05) is 36.6 Å². The fourth-order valence-corrected chi connectivity index (χ4v) is 4.75. The highest BCUT2D eigenvalue weighted by Crippen LogP contribution is 2.34. The maximum absolute atomic E-state index is 12.9. The maximum atomic E-state index is 12.9. The lowest BCUT2D eigenvalue weighted by Gasteiger charge is -2.12. The van der Waals surface area contributed by atoms with Gasteiger partial charge in [0.25, 0.3) is 5.91 Å². The zero-order valence-electron chi connectivity index (χ0n) is 23.0. The van der Waals surface area contributed by atoms with E-state index in [4.69, 9.17) is 23.2 Å². The van der Waals surface area contributed by atoms with Crippen LogP contribution in [0.4, 0.5) is 23.0 Å². The second-order valence-corrected chi connectivity index (χ2v) is 10.8. The minimum absolute atomic E-state index is 0.0616. The van der Waals surface area contributed by atoms with Crippen LogP contribution < -0.4 is 16.0 Å². The van der Waals surface area contributed by atoms with Gasteiger partial charge >= 0.3 is 0 Å². The monoisotopic (exact) mass is 601 g/mol. The summed E-state index contributed by atoms with van der Waals surface area (Å²) in [5.41, 5.74) is 4.50. The number of nitrogens with one attached hydrogen (secondary N) is 4. The molecule has 214 valence electrons. The maximum Gasteiger partial charge on any atom is 0.255 e. The lowest BCUT2D eigenvalue weighted by atomic mass is 10.1. The Labute approximate surface area is 253 Å². The summed E-state index contributed by atoms with van der Waals surface area (Å²) in [5, 5.41) is 10.7. The summed E-state index contributed by atoms with van der Waals surface area (Å²) in [6, 6.07) is 19.7. The first-order valence-electron chi connectivity index (χ1n) is 13.3. The molecule has 2 heterocycles. The Balaban J connectivity index is 1.26. The smallest absolute Gasteiger partial charge is 0.255 e. The number of hydrogen-bond acceptors (Lipinski definition) is 6. The summed E-state index contributed by atoms with van der Waals surface area (Å²) >= 11 is 12.9. The molecule has 0 spiro atoms. The number of nitrogens with zero attached hydrogens (tertiary/aromatic N) is 3. The van der Waals surface area contributed by atoms with E-state index in [0.717, 1.165) is 29.4 Å². The number of aromatic amines is 1. The van der Waals surface area contributed by atoms with E-state index in [1.54, 1.807) is 42.5 Å². The number of para-hydroxylation sites is 1. The number of hydrogen-bond donors (Lipinski definition) is 4. The zero-order valence-corrected chi connectivity index (χ0v) is 24.6. The molecule has 2 aromatic heterocycles. The molecule has 2 amide bonds. The Bertz CT molecular complexity index is 1740. The molecule has 0 radical (unpaired) electrons. The fourth-order valence-electron chi connectivity index (χ4n) is 4.39. The normalized spacial score (nSPS) is 11.1. The van der Waals surface area contributed by atoms with Gasteiger partial charge in [0.1, 0.15) is 0 Å². The molecule has 0 saturated heterocycles. The third-order valence-corrected chi connectivity index (χ3v) is 7.11. The van der Waals surface area contributed by atoms with Crippen molar-refractivity contribution in [3.05, 3.63) is 94.7 Å². The lowest BCUT2D eigenvalue weighted by molar-refractivity contribution is -0.116. The van der Waals surface area contributed by atoms with E-state index in [9.17, 15) is 9.59 Å². The van der Waals surface area contributed by atoms with Gasteiger partial charge in [-0.3, -0.25) is 9.59 Å². The van der Waals surface area contributed by atoms with Crippen molar-refractivity contribution < 1.29 is 9.59 Å². The minimum Gasteiger partial charge on any atom is -0.360 e. The van der Waals surface area contributed by atoms with Crippen LogP contribution in [0.2, 0.25) is 10.0 Å². The van der Waals surface area contributed by atoms with E-state index in [-0.39, 0.29) is 11.8 Å². The van der Waals surface area contributed by atoms with E-state index >= 15 is 0 Å². The van der Waals surface area contributed by atoms with Crippen LogP contribution in [0, 0.1) is 0 Å². The molecular weight excluding hydrogens is 573 g/mol. The molecular formula is C31H29Cl2N7O2. The molecule has 0 saturated carbocycles. The Morgan fingerprint density at radius 3 is 2.48 bits per heavy atom. The van der Waals surface area contributed by atoms with E-state index < -0.39 is 0 Å². The van der Waals surface area contributed by atoms with Crippen LogP contribution in [0.1, 0.15) is 23.2 Å². The van der Waals surface area contributed by atoms with Gasteiger partial charge in [-0.1, -0.05) is 41.4 Å². The summed E-state index contributed by atoms with van der Waals surface area (Å²) in [7, 11) is 3.94. The molecule has 42 heavy (non-hydrogen) atoms. The van der Waals surface area contributed by atoms with Gasteiger partial charge in [-0.25, -0.2) is 9.97 Å². The van der Waals surface area contributed by atoms with Crippen molar-refractivity contribution in [1.29, 1.82) is 0 Å². The third-order valence-electron chi connectivity index (χ3n) is 6.50. The van der Waals surface area contributed by atoms with Crippen molar-refractivity contribution >= 4 is 68.9 Å². The van der Waals surface area contributed by atoms with Crippen LogP contribution in [-0.2, 0) is 4.79 Å². The minimum atomic E-state index is -0.309. The number of carbonyl (C=O) groups excluding carboxylic acids is 2. The highest BCUT2D eigenvalue weighted by atomic mass is 35.5. The standard InChI is InChI=1S/C31H29Cl2N7O2/c1-40(2)15-5-8-28(41)36-20-11-9-19(10-12-20)30(42)37-21-13-14-24(32)27(16-21)38-31-35-18-25(33)29(39-31)23-17-34-26-7-4-3-6-22(23)26/h3-4,6-7,9-14,16-18,34H,5,8,15H2,1-2H3,(H,36,41)(H,37,42)(H,35,38,39). The molecule has 0 unspecified atom stereocenters. The van der Waals surface area contributed by atoms with E-state index in [1.807, 2.05) is 49.5 Å². The molecule has 5 rings (SSSR count). The average molecular weight is 603 g/mol. The number of rotatable bonds is 10. The van der Waals surface area contributed by atoms with Gasteiger partial charge in [0, 0.05) is 46.0 Å². The first-order valence-corrected chi connectivity index (χ1v) is 14.0. The summed E-state index contributed by atoms with van der Waals surface area (Å²) in [6.07, 6.45) is 4.59. The Morgan fingerprint density at radius 2 is 1.69 bits per heavy atom. The molecule has 0 atom stereocenters. The summed E-state index contributed by atoms with van der Waals surface area (Å²) in [6.45, 7) is 0.841. The molecule has 0 aliphatic carbocycles. The first kappa shape index (κ1) is 29.1. The van der Waals surface area contributed by atoms with Crippen LogP contribution in [0.15, 0.2) is 79.1 Å². The average Bonchev–Trinajstić information content (AvgIpc) is 3.40. The second kappa shape index (κ2) is 13.0. The van der Waals surface area contributed by atoms with Crippen LogP contribution >= 0.6 is 23.2 Å². The number of amides is 2. The van der Waals surface area contributed by atoms with Gasteiger partial charge in [-0.05, 0) is 75.6 Å². The number of anilines is 4. The Hall–Kier alpha value is -4.44. The second-order valence-electron chi connectivity index (χ2n) is 9.94. The van der Waals surface area contributed by atoms with E-state index in [0.29, 0.717) is 50.7 Å². The predicted molar refractivity (Wildman–Crippen MR) is 170 cm³/mol. The fraction of sp³-hybridized carbons (Fsp3) is 0.161. The van der Waals surface area contributed by atoms with Crippen LogP contribution in [0.25, 0.3) is 22.2 Å². The lowest BCUT2D eigenvalue weighted by Crippen LogP contribution is -2.17. The third kappa shape index (κ3) is 7.06. The molecule has 0 fully saturated rings.